The van der Waals surface area contributed by atoms with E-state index in [1.165, 1.54) is 11.3 Å². The quantitative estimate of drug-likeness (QED) is 0.413. The number of hydrogen-bond acceptors (Lipinski definition) is 4. The van der Waals surface area contributed by atoms with Crippen molar-refractivity contribution in [1.29, 1.82) is 0 Å². The van der Waals surface area contributed by atoms with Gasteiger partial charge in [0.2, 0.25) is 0 Å². The molecule has 1 atom stereocenters. The van der Waals surface area contributed by atoms with Gasteiger partial charge in [-0.3, -0.25) is 4.79 Å². The second-order valence-electron chi connectivity index (χ2n) is 6.36. The van der Waals surface area contributed by atoms with E-state index in [1.54, 1.807) is 19.1 Å². The van der Waals surface area contributed by atoms with Crippen LogP contribution >= 0.6 is 11.3 Å². The van der Waals surface area contributed by atoms with Gasteiger partial charge in [-0.25, -0.2) is 4.99 Å². The summed E-state index contributed by atoms with van der Waals surface area (Å²) in [4.78, 5) is 17.3. The summed E-state index contributed by atoms with van der Waals surface area (Å²) in [5.41, 5.74) is 0.686. The number of rotatable bonds is 8. The van der Waals surface area contributed by atoms with Gasteiger partial charge < -0.3 is 21.1 Å². The number of aliphatic hydroxyl groups is 1. The topological polar surface area (TPSA) is 85.8 Å². The average Bonchev–Trinajstić information content (AvgIpc) is 3.20. The smallest absolute Gasteiger partial charge is 0.251 e. The van der Waals surface area contributed by atoms with Crippen molar-refractivity contribution >= 4 is 23.2 Å². The van der Waals surface area contributed by atoms with Crippen LogP contribution in [0.4, 0.5) is 0 Å². The fourth-order valence-electron chi connectivity index (χ4n) is 2.46. The molecular formula is C20H28N4O2S. The number of benzene rings is 1. The van der Waals surface area contributed by atoms with Crippen molar-refractivity contribution in [3.63, 3.8) is 0 Å². The van der Waals surface area contributed by atoms with Crippen LogP contribution in [-0.2, 0) is 12.1 Å². The van der Waals surface area contributed by atoms with E-state index in [2.05, 4.69) is 20.9 Å². The van der Waals surface area contributed by atoms with E-state index < -0.39 is 5.60 Å². The Morgan fingerprint density at radius 2 is 1.81 bits per heavy atom. The Balaban J connectivity index is 1.97. The Labute approximate surface area is 164 Å². The van der Waals surface area contributed by atoms with Gasteiger partial charge >= 0.3 is 0 Å². The number of aliphatic imine (C=N–C) groups is 1. The molecule has 0 spiro atoms. The van der Waals surface area contributed by atoms with Crippen molar-refractivity contribution in [2.45, 2.75) is 32.9 Å². The van der Waals surface area contributed by atoms with Crippen LogP contribution in [-0.4, -0.2) is 36.6 Å². The summed E-state index contributed by atoms with van der Waals surface area (Å²) in [7, 11) is 0. The maximum absolute atomic E-state index is 11.8. The number of hydrogen-bond donors (Lipinski definition) is 4. The average molecular weight is 389 g/mol. The minimum atomic E-state index is -0.960. The van der Waals surface area contributed by atoms with Crippen LogP contribution in [0.1, 0.15) is 41.6 Å². The molecule has 2 rings (SSSR count). The molecule has 0 bridgehead atoms. The van der Waals surface area contributed by atoms with Crippen molar-refractivity contribution in [3.05, 3.63) is 57.8 Å². The molecule has 0 fully saturated rings. The van der Waals surface area contributed by atoms with Gasteiger partial charge in [0.05, 0.1) is 13.1 Å². The van der Waals surface area contributed by atoms with E-state index in [-0.39, 0.29) is 5.91 Å². The molecule has 0 aliphatic heterocycles. The predicted molar refractivity (Wildman–Crippen MR) is 111 cm³/mol. The van der Waals surface area contributed by atoms with Gasteiger partial charge in [0.1, 0.15) is 5.60 Å². The number of thiophene rings is 1. The minimum Gasteiger partial charge on any atom is -0.383 e. The summed E-state index contributed by atoms with van der Waals surface area (Å²) in [5, 5.41) is 21.7. The fraction of sp³-hybridized carbons (Fsp3) is 0.400. The van der Waals surface area contributed by atoms with Crippen LogP contribution in [0.3, 0.4) is 0 Å². The highest BCUT2D eigenvalue weighted by Crippen LogP contribution is 2.24. The minimum absolute atomic E-state index is 0.0710. The van der Waals surface area contributed by atoms with E-state index in [1.807, 2.05) is 43.5 Å². The molecular weight excluding hydrogens is 360 g/mol. The lowest BCUT2D eigenvalue weighted by atomic mass is 10.1. The van der Waals surface area contributed by atoms with Gasteiger partial charge in [0.15, 0.2) is 5.96 Å². The molecule has 1 aromatic heterocycles. The van der Waals surface area contributed by atoms with Crippen molar-refractivity contribution in [3.8, 4) is 0 Å². The first-order chi connectivity index (χ1) is 13.0. The Morgan fingerprint density at radius 3 is 2.41 bits per heavy atom. The lowest BCUT2D eigenvalue weighted by Gasteiger charge is -2.23. The van der Waals surface area contributed by atoms with E-state index in [4.69, 9.17) is 0 Å². The monoisotopic (exact) mass is 388 g/mol. The van der Waals surface area contributed by atoms with E-state index in [0.717, 1.165) is 17.0 Å². The van der Waals surface area contributed by atoms with Crippen LogP contribution in [0.15, 0.2) is 46.8 Å². The summed E-state index contributed by atoms with van der Waals surface area (Å²) in [6.07, 6.45) is 0. The Hall–Kier alpha value is -2.38. The Bertz CT molecular complexity index is 740. The molecule has 27 heavy (non-hydrogen) atoms. The number of carbonyl (C=O) groups excluding carboxylic acids is 1. The molecule has 6 nitrogen and oxygen atoms in total. The molecule has 1 amide bonds. The van der Waals surface area contributed by atoms with Gasteiger partial charge in [-0.1, -0.05) is 18.2 Å². The number of carbonyl (C=O) groups is 1. The lowest BCUT2D eigenvalue weighted by molar-refractivity contribution is 0.0655. The van der Waals surface area contributed by atoms with Crippen LogP contribution in [0.2, 0.25) is 0 Å². The summed E-state index contributed by atoms with van der Waals surface area (Å²) < 4.78 is 0. The highest BCUT2D eigenvalue weighted by atomic mass is 32.1. The normalized spacial score (nSPS) is 13.7. The van der Waals surface area contributed by atoms with Crippen LogP contribution in [0, 0.1) is 0 Å². The molecule has 1 heterocycles. The largest absolute Gasteiger partial charge is 0.383 e. The van der Waals surface area contributed by atoms with E-state index >= 15 is 0 Å². The van der Waals surface area contributed by atoms with Crippen molar-refractivity contribution in [2.75, 3.05) is 19.6 Å². The third-order valence-corrected chi connectivity index (χ3v) is 5.09. The van der Waals surface area contributed by atoms with Crippen LogP contribution in [0.25, 0.3) is 0 Å². The molecule has 0 saturated carbocycles. The Kier molecular flexibility index (Phi) is 7.82. The van der Waals surface area contributed by atoms with Gasteiger partial charge in [-0.05, 0) is 49.9 Å². The third kappa shape index (κ3) is 6.37. The highest BCUT2D eigenvalue weighted by molar-refractivity contribution is 7.10. The first kappa shape index (κ1) is 20.9. The summed E-state index contributed by atoms with van der Waals surface area (Å²) >= 11 is 1.53. The molecule has 0 aliphatic rings. The molecule has 0 radical (unpaired) electrons. The number of amides is 1. The SMILES string of the molecule is CCNC(=O)c1ccc(CN=C(NCC)NCC(C)(O)c2cccs2)cc1. The first-order valence-corrected chi connectivity index (χ1v) is 10.00. The van der Waals surface area contributed by atoms with Gasteiger partial charge in [0.25, 0.3) is 5.91 Å². The number of guanidine groups is 1. The Morgan fingerprint density at radius 1 is 1.11 bits per heavy atom. The van der Waals surface area contributed by atoms with Gasteiger partial charge in [-0.15, -0.1) is 11.3 Å². The molecule has 146 valence electrons. The molecule has 2 aromatic rings. The molecule has 1 unspecified atom stereocenters. The van der Waals surface area contributed by atoms with Gasteiger partial charge in [0, 0.05) is 23.5 Å². The van der Waals surface area contributed by atoms with Gasteiger partial charge in [-0.2, -0.15) is 0 Å². The van der Waals surface area contributed by atoms with Crippen molar-refractivity contribution in [2.24, 2.45) is 4.99 Å². The maximum Gasteiger partial charge on any atom is 0.251 e. The number of nitrogens with zero attached hydrogens (tertiary/aromatic N) is 1. The molecule has 0 aliphatic carbocycles. The van der Waals surface area contributed by atoms with E-state index in [0.29, 0.717) is 31.2 Å². The molecule has 0 saturated heterocycles. The summed E-state index contributed by atoms with van der Waals surface area (Å²) in [5.74, 6) is 0.570. The standard InChI is InChI=1S/C20H28N4O2S/c1-4-21-18(25)16-10-8-15(9-11-16)13-23-19(22-5-2)24-14-20(3,26)17-7-6-12-27-17/h6-12,26H,4-5,13-14H2,1-3H3,(H,21,25)(H2,22,23,24). The van der Waals surface area contributed by atoms with E-state index in [9.17, 15) is 9.90 Å². The zero-order valence-corrected chi connectivity index (χ0v) is 16.9. The van der Waals surface area contributed by atoms with Crippen molar-refractivity contribution < 1.29 is 9.90 Å². The van der Waals surface area contributed by atoms with Crippen LogP contribution < -0.4 is 16.0 Å². The highest BCUT2D eigenvalue weighted by Gasteiger charge is 2.24. The second-order valence-corrected chi connectivity index (χ2v) is 7.30. The third-order valence-electron chi connectivity index (χ3n) is 3.97. The molecule has 7 heteroatoms. The fourth-order valence-corrected chi connectivity index (χ4v) is 3.25. The maximum atomic E-state index is 11.8. The predicted octanol–water partition coefficient (Wildman–Crippen LogP) is 2.46. The first-order valence-electron chi connectivity index (χ1n) is 9.12. The number of nitrogens with one attached hydrogen (secondary N) is 3. The molecule has 4 N–H and O–H groups in total. The molecule has 1 aromatic carbocycles. The van der Waals surface area contributed by atoms with Crippen molar-refractivity contribution in [1.82, 2.24) is 16.0 Å². The summed E-state index contributed by atoms with van der Waals surface area (Å²) in [6, 6.07) is 11.3. The zero-order valence-electron chi connectivity index (χ0n) is 16.1. The second kappa shape index (κ2) is 10.1. The zero-order chi connectivity index (χ0) is 19.7. The lowest BCUT2D eigenvalue weighted by Crippen LogP contribution is -2.44. The van der Waals surface area contributed by atoms with Crippen LogP contribution in [0.5, 0.6) is 0 Å². The summed E-state index contributed by atoms with van der Waals surface area (Å²) in [6.45, 7) is 7.85.